The fraction of sp³-hybridized carbons (Fsp3) is 0.500. The Morgan fingerprint density at radius 1 is 1.43 bits per heavy atom. The molecule has 0 aromatic carbocycles. The highest BCUT2D eigenvalue weighted by molar-refractivity contribution is 5.89. The Morgan fingerprint density at radius 2 is 2.14 bits per heavy atom. The van der Waals surface area contributed by atoms with E-state index in [9.17, 15) is 4.79 Å². The molecule has 0 bridgehead atoms. The highest BCUT2D eigenvalue weighted by Gasteiger charge is 2.21. The van der Waals surface area contributed by atoms with Crippen molar-refractivity contribution < 1.29 is 14.6 Å². The average Bonchev–Trinajstić information content (AvgIpc) is 2.67. The van der Waals surface area contributed by atoms with Gasteiger partial charge in [0.2, 0.25) is 0 Å². The lowest BCUT2D eigenvalue weighted by atomic mass is 9.91. The highest BCUT2D eigenvalue weighted by Crippen LogP contribution is 2.29. The summed E-state index contributed by atoms with van der Waals surface area (Å²) in [6.45, 7) is 1.46. The van der Waals surface area contributed by atoms with Gasteiger partial charge < -0.3 is 14.8 Å². The van der Waals surface area contributed by atoms with Crippen LogP contribution in [0.2, 0.25) is 0 Å². The van der Waals surface area contributed by atoms with Crippen molar-refractivity contribution in [2.45, 2.75) is 18.8 Å². The first-order valence-corrected chi connectivity index (χ1v) is 4.76. The van der Waals surface area contributed by atoms with Crippen LogP contribution in [-0.4, -0.2) is 29.3 Å². The van der Waals surface area contributed by atoms with Gasteiger partial charge in [0.05, 0.1) is 5.56 Å². The SMILES string of the molecule is O=C(O)c1c[nH]cc1C1CCOCC1. The van der Waals surface area contributed by atoms with Crippen LogP contribution in [-0.2, 0) is 4.74 Å². The first-order chi connectivity index (χ1) is 6.79. The van der Waals surface area contributed by atoms with Crippen LogP contribution < -0.4 is 0 Å². The van der Waals surface area contributed by atoms with E-state index in [4.69, 9.17) is 9.84 Å². The van der Waals surface area contributed by atoms with Crippen molar-refractivity contribution in [2.24, 2.45) is 0 Å². The zero-order chi connectivity index (χ0) is 9.97. The number of carboxylic acids is 1. The number of aromatic nitrogens is 1. The summed E-state index contributed by atoms with van der Waals surface area (Å²) in [5, 5.41) is 8.93. The third-order valence-electron chi connectivity index (χ3n) is 2.67. The summed E-state index contributed by atoms with van der Waals surface area (Å²) in [5.41, 5.74) is 1.32. The third-order valence-corrected chi connectivity index (χ3v) is 2.67. The van der Waals surface area contributed by atoms with E-state index in [0.717, 1.165) is 31.6 Å². The Labute approximate surface area is 81.9 Å². The maximum Gasteiger partial charge on any atom is 0.337 e. The summed E-state index contributed by atoms with van der Waals surface area (Å²) < 4.78 is 5.24. The molecule has 1 aliphatic heterocycles. The molecular weight excluding hydrogens is 182 g/mol. The zero-order valence-corrected chi connectivity index (χ0v) is 7.82. The maximum absolute atomic E-state index is 10.9. The summed E-state index contributed by atoms with van der Waals surface area (Å²) in [7, 11) is 0. The molecule has 76 valence electrons. The lowest BCUT2D eigenvalue weighted by Gasteiger charge is -2.21. The second-order valence-electron chi connectivity index (χ2n) is 3.52. The predicted molar refractivity (Wildman–Crippen MR) is 50.5 cm³/mol. The molecule has 0 amide bonds. The minimum absolute atomic E-state index is 0.334. The van der Waals surface area contributed by atoms with Crippen LogP contribution in [0.5, 0.6) is 0 Å². The van der Waals surface area contributed by atoms with Crippen molar-refractivity contribution in [3.63, 3.8) is 0 Å². The lowest BCUT2D eigenvalue weighted by molar-refractivity contribution is 0.0686. The first-order valence-electron chi connectivity index (χ1n) is 4.76. The van der Waals surface area contributed by atoms with Gasteiger partial charge in [-0.3, -0.25) is 0 Å². The highest BCUT2D eigenvalue weighted by atomic mass is 16.5. The summed E-state index contributed by atoms with van der Waals surface area (Å²) >= 11 is 0. The van der Waals surface area contributed by atoms with Crippen molar-refractivity contribution in [3.05, 3.63) is 23.5 Å². The standard InChI is InChI=1S/C10H13NO3/c12-10(13)9-6-11-5-8(9)7-1-3-14-4-2-7/h5-7,11H,1-4H2,(H,12,13). The molecule has 0 radical (unpaired) electrons. The molecule has 0 spiro atoms. The van der Waals surface area contributed by atoms with E-state index < -0.39 is 5.97 Å². The monoisotopic (exact) mass is 195 g/mol. The number of ether oxygens (including phenoxy) is 1. The molecule has 0 atom stereocenters. The molecule has 2 rings (SSSR count). The van der Waals surface area contributed by atoms with E-state index in [-0.39, 0.29) is 0 Å². The van der Waals surface area contributed by atoms with Crippen LogP contribution >= 0.6 is 0 Å². The Kier molecular flexibility index (Phi) is 2.54. The van der Waals surface area contributed by atoms with E-state index in [1.807, 2.05) is 0 Å². The van der Waals surface area contributed by atoms with E-state index in [0.29, 0.717) is 11.5 Å². The minimum Gasteiger partial charge on any atom is -0.478 e. The molecular formula is C10H13NO3. The Bertz CT molecular complexity index is 326. The maximum atomic E-state index is 10.9. The van der Waals surface area contributed by atoms with Gasteiger partial charge in [0.15, 0.2) is 0 Å². The van der Waals surface area contributed by atoms with Crippen molar-refractivity contribution >= 4 is 5.97 Å². The molecule has 2 N–H and O–H groups in total. The van der Waals surface area contributed by atoms with Gasteiger partial charge in [-0.1, -0.05) is 0 Å². The molecule has 0 saturated carbocycles. The normalized spacial score (nSPS) is 18.3. The number of hydrogen-bond donors (Lipinski definition) is 2. The number of H-pyrrole nitrogens is 1. The molecule has 1 saturated heterocycles. The Balaban J connectivity index is 2.21. The van der Waals surface area contributed by atoms with Gasteiger partial charge >= 0.3 is 5.97 Å². The van der Waals surface area contributed by atoms with E-state index in [1.165, 1.54) is 0 Å². The van der Waals surface area contributed by atoms with Gasteiger partial charge in [-0.15, -0.1) is 0 Å². The number of aromatic carboxylic acids is 1. The van der Waals surface area contributed by atoms with Gasteiger partial charge in [-0.2, -0.15) is 0 Å². The quantitative estimate of drug-likeness (QED) is 0.753. The molecule has 0 unspecified atom stereocenters. The fourth-order valence-corrected chi connectivity index (χ4v) is 1.91. The number of carbonyl (C=O) groups is 1. The largest absolute Gasteiger partial charge is 0.478 e. The smallest absolute Gasteiger partial charge is 0.337 e. The van der Waals surface area contributed by atoms with Gasteiger partial charge in [0.1, 0.15) is 0 Å². The molecule has 2 heterocycles. The molecule has 0 aliphatic carbocycles. The molecule has 14 heavy (non-hydrogen) atoms. The predicted octanol–water partition coefficient (Wildman–Crippen LogP) is 1.61. The molecule has 4 heteroatoms. The van der Waals surface area contributed by atoms with Crippen molar-refractivity contribution in [2.75, 3.05) is 13.2 Å². The molecule has 1 fully saturated rings. The Morgan fingerprint density at radius 3 is 2.79 bits per heavy atom. The lowest BCUT2D eigenvalue weighted by Crippen LogP contribution is -2.15. The van der Waals surface area contributed by atoms with E-state index in [1.54, 1.807) is 12.4 Å². The first kappa shape index (κ1) is 9.27. The molecule has 1 aromatic rings. The van der Waals surface area contributed by atoms with Crippen molar-refractivity contribution in [1.29, 1.82) is 0 Å². The van der Waals surface area contributed by atoms with E-state index >= 15 is 0 Å². The average molecular weight is 195 g/mol. The van der Waals surface area contributed by atoms with Crippen LogP contribution in [0.15, 0.2) is 12.4 Å². The number of hydrogen-bond acceptors (Lipinski definition) is 2. The number of nitrogens with one attached hydrogen (secondary N) is 1. The van der Waals surface area contributed by atoms with Crippen LogP contribution in [0.1, 0.15) is 34.7 Å². The summed E-state index contributed by atoms with van der Waals surface area (Å²) in [4.78, 5) is 13.7. The second kappa shape index (κ2) is 3.84. The van der Waals surface area contributed by atoms with Crippen LogP contribution in [0.25, 0.3) is 0 Å². The Hall–Kier alpha value is -1.29. The number of aromatic amines is 1. The second-order valence-corrected chi connectivity index (χ2v) is 3.52. The van der Waals surface area contributed by atoms with Crippen LogP contribution in [0, 0.1) is 0 Å². The van der Waals surface area contributed by atoms with Gasteiger partial charge in [0.25, 0.3) is 0 Å². The van der Waals surface area contributed by atoms with E-state index in [2.05, 4.69) is 4.98 Å². The van der Waals surface area contributed by atoms with Gasteiger partial charge in [-0.05, 0) is 24.3 Å². The molecule has 1 aliphatic rings. The minimum atomic E-state index is -0.854. The van der Waals surface area contributed by atoms with Crippen molar-refractivity contribution in [3.8, 4) is 0 Å². The topological polar surface area (TPSA) is 62.3 Å². The summed E-state index contributed by atoms with van der Waals surface area (Å²) in [5.74, 6) is -0.520. The van der Waals surface area contributed by atoms with Crippen molar-refractivity contribution in [1.82, 2.24) is 4.98 Å². The van der Waals surface area contributed by atoms with Gasteiger partial charge in [-0.25, -0.2) is 4.79 Å². The summed E-state index contributed by atoms with van der Waals surface area (Å²) in [6.07, 6.45) is 5.17. The van der Waals surface area contributed by atoms with Crippen LogP contribution in [0.3, 0.4) is 0 Å². The fourth-order valence-electron chi connectivity index (χ4n) is 1.91. The molecule has 1 aromatic heterocycles. The third kappa shape index (κ3) is 1.65. The zero-order valence-electron chi connectivity index (χ0n) is 7.82. The number of rotatable bonds is 2. The van der Waals surface area contributed by atoms with Crippen LogP contribution in [0.4, 0.5) is 0 Å². The number of carboxylic acid groups (broad SMARTS) is 1. The summed E-state index contributed by atoms with van der Waals surface area (Å²) in [6, 6.07) is 0. The molecule has 4 nitrogen and oxygen atoms in total. The van der Waals surface area contributed by atoms with Gasteiger partial charge in [0, 0.05) is 25.6 Å².